The summed E-state index contributed by atoms with van der Waals surface area (Å²) >= 11 is 3.93. The first-order valence-electron chi connectivity index (χ1n) is 14.3. The number of aliphatic carboxylic acids is 1. The van der Waals surface area contributed by atoms with E-state index in [-0.39, 0.29) is 46.1 Å². The van der Waals surface area contributed by atoms with Gasteiger partial charge >= 0.3 is 5.97 Å². The first kappa shape index (κ1) is 32.9. The number of carboxylic acid groups (broad SMARTS) is 1. The molecule has 4 aromatic rings. The van der Waals surface area contributed by atoms with E-state index in [1.165, 1.54) is 52.0 Å². The molecular weight excluding hydrogens is 683 g/mol. The molecule has 2 aliphatic rings. The fourth-order valence-corrected chi connectivity index (χ4v) is 7.80. The van der Waals surface area contributed by atoms with Crippen molar-refractivity contribution in [3.05, 3.63) is 76.9 Å². The van der Waals surface area contributed by atoms with E-state index in [2.05, 4.69) is 20.6 Å². The number of nitrogens with zero attached hydrogens (tertiary/aromatic N) is 5. The van der Waals surface area contributed by atoms with Crippen molar-refractivity contribution in [3.8, 4) is 22.8 Å². The smallest absolute Gasteiger partial charge is 0.352 e. The van der Waals surface area contributed by atoms with Gasteiger partial charge in [0, 0.05) is 45.5 Å². The molecule has 0 unspecified atom stereocenters. The molecule has 5 heterocycles. The van der Waals surface area contributed by atoms with Gasteiger partial charge in [-0.1, -0.05) is 10.3 Å². The zero-order valence-corrected chi connectivity index (χ0v) is 27.5. The summed E-state index contributed by atoms with van der Waals surface area (Å²) in [5.74, 6) is -2.15. The third kappa shape index (κ3) is 6.80. The number of pyridine rings is 1. The number of aromatic hydroxyl groups is 2. The highest BCUT2D eigenvalue weighted by Gasteiger charge is 2.54. The normalized spacial score (nSPS) is 17.6. The molecule has 18 heteroatoms. The van der Waals surface area contributed by atoms with Crippen LogP contribution in [0.15, 0.2) is 80.0 Å². The van der Waals surface area contributed by atoms with Gasteiger partial charge in [0.25, 0.3) is 11.8 Å². The molecule has 1 aromatic carbocycles. The number of carboxylic acids is 1. The maximum Gasteiger partial charge on any atom is 0.352 e. The number of anilines is 1. The summed E-state index contributed by atoms with van der Waals surface area (Å²) in [6, 6.07) is 8.61. The summed E-state index contributed by atoms with van der Waals surface area (Å²) in [5, 5.41) is 41.0. The second-order valence-electron chi connectivity index (χ2n) is 10.4. The number of hydrogen-bond acceptors (Lipinski definition) is 14. The van der Waals surface area contributed by atoms with Crippen LogP contribution < -0.4 is 15.6 Å². The van der Waals surface area contributed by atoms with Crippen LogP contribution in [-0.4, -0.2) is 76.8 Å². The molecule has 0 bridgehead atoms. The fraction of sp³-hybridized carbons (Fsp3) is 0.233. The van der Waals surface area contributed by atoms with Crippen LogP contribution >= 0.6 is 34.9 Å². The number of β-lactam (4-membered cyclic amide) rings is 1. The zero-order chi connectivity index (χ0) is 33.9. The maximum absolute atomic E-state index is 13.5. The van der Waals surface area contributed by atoms with E-state index in [4.69, 9.17) is 15.1 Å². The third-order valence-corrected chi connectivity index (χ3v) is 10.5. The van der Waals surface area contributed by atoms with Crippen LogP contribution in [0.4, 0.5) is 5.13 Å². The number of phenols is 2. The van der Waals surface area contributed by atoms with Crippen molar-refractivity contribution in [2.24, 2.45) is 5.16 Å². The molecule has 48 heavy (non-hydrogen) atoms. The Morgan fingerprint density at radius 3 is 2.71 bits per heavy atom. The number of benzene rings is 1. The molecular formula is C30H28N7O8S3+. The summed E-state index contributed by atoms with van der Waals surface area (Å²) in [5.41, 5.74) is 7.04. The van der Waals surface area contributed by atoms with Gasteiger partial charge in [0.15, 0.2) is 47.1 Å². The molecule has 6 rings (SSSR count). The van der Waals surface area contributed by atoms with Gasteiger partial charge in [-0.15, -0.1) is 34.9 Å². The van der Waals surface area contributed by atoms with Gasteiger partial charge in [0.1, 0.15) is 35.0 Å². The molecule has 1 fully saturated rings. The first-order chi connectivity index (χ1) is 23.1. The lowest BCUT2D eigenvalue weighted by atomic mass is 10.0. The number of fused-ring (bicyclic) bond motifs is 1. The van der Waals surface area contributed by atoms with E-state index in [0.717, 1.165) is 22.8 Å². The van der Waals surface area contributed by atoms with Crippen molar-refractivity contribution < 1.29 is 43.6 Å². The Labute approximate surface area is 285 Å². The first-order valence-corrected chi connectivity index (χ1v) is 17.3. The number of oxime groups is 1. The predicted molar refractivity (Wildman–Crippen MR) is 176 cm³/mol. The molecule has 15 nitrogen and oxygen atoms in total. The minimum atomic E-state index is -1.21. The lowest BCUT2D eigenvalue weighted by Crippen LogP contribution is -2.71. The van der Waals surface area contributed by atoms with Crippen molar-refractivity contribution >= 4 is 63.5 Å². The van der Waals surface area contributed by atoms with Crippen LogP contribution in [0.25, 0.3) is 11.3 Å². The number of amides is 2. The number of carbonyl (C=O) groups excluding carboxylic acids is 2. The number of aromatic nitrogens is 3. The highest BCUT2D eigenvalue weighted by atomic mass is 32.2. The Morgan fingerprint density at radius 1 is 1.23 bits per heavy atom. The number of nitrogen functional groups attached to an aromatic ring is 1. The van der Waals surface area contributed by atoms with Crippen LogP contribution in [-0.2, 0) is 32.4 Å². The van der Waals surface area contributed by atoms with Gasteiger partial charge in [-0.2, -0.15) is 0 Å². The molecule has 0 aliphatic carbocycles. The Hall–Kier alpha value is -5.07. The van der Waals surface area contributed by atoms with E-state index in [9.17, 15) is 29.7 Å². The summed E-state index contributed by atoms with van der Waals surface area (Å²) < 4.78 is 7.28. The number of nitrogens with two attached hydrogens (primary N) is 1. The van der Waals surface area contributed by atoms with Crippen LogP contribution in [0.3, 0.4) is 0 Å². The molecule has 0 saturated carbocycles. The summed E-state index contributed by atoms with van der Waals surface area (Å²) in [4.78, 5) is 50.8. The van der Waals surface area contributed by atoms with E-state index < -0.39 is 29.2 Å². The minimum absolute atomic E-state index is 0.0697. The Morgan fingerprint density at radius 2 is 2.02 bits per heavy atom. The molecule has 3 aromatic heterocycles. The largest absolute Gasteiger partial charge is 0.504 e. The lowest BCUT2D eigenvalue weighted by molar-refractivity contribution is -0.693. The third-order valence-electron chi connectivity index (χ3n) is 7.35. The van der Waals surface area contributed by atoms with Gasteiger partial charge in [-0.3, -0.25) is 14.5 Å². The van der Waals surface area contributed by atoms with Gasteiger partial charge in [0.2, 0.25) is 0 Å². The topological polar surface area (TPSA) is 218 Å². The molecule has 2 aliphatic heterocycles. The number of hydrogen-bond donors (Lipinski definition) is 5. The highest BCUT2D eigenvalue weighted by molar-refractivity contribution is 8.01. The van der Waals surface area contributed by atoms with E-state index in [1.807, 2.05) is 36.0 Å². The average molecular weight is 711 g/mol. The summed E-state index contributed by atoms with van der Waals surface area (Å²) in [6.07, 6.45) is 3.90. The van der Waals surface area contributed by atoms with Crippen LogP contribution in [0.2, 0.25) is 0 Å². The molecule has 6 N–H and O–H groups in total. The number of rotatable bonds is 12. The van der Waals surface area contributed by atoms with E-state index in [0.29, 0.717) is 28.3 Å². The van der Waals surface area contributed by atoms with Crippen molar-refractivity contribution in [2.75, 3.05) is 17.2 Å². The minimum Gasteiger partial charge on any atom is -0.504 e. The van der Waals surface area contributed by atoms with Crippen molar-refractivity contribution in [1.82, 2.24) is 20.4 Å². The Balaban J connectivity index is 1.13. The van der Waals surface area contributed by atoms with E-state index in [1.54, 1.807) is 6.07 Å². The van der Waals surface area contributed by atoms with Gasteiger partial charge in [0.05, 0.1) is 0 Å². The zero-order valence-electron chi connectivity index (χ0n) is 25.1. The standard InChI is InChI=1S/C30H27N7O8S3/c1-2-36-7-5-18(6-8-36)46-12-16-13-47-28-24(27(41)37(28)25(16)29(42)43)33-26(40)23(20-14-48-30(31)32-20)35-44-11-17-10-19(34-45-17)15-3-4-21(38)22(39)9-15/h3-10,14,24,28H,2,11-13H2,1H3,(H5-,31,32,33,34,35,38,39,40,42,43)/p+1/t24-,28-/m1/s1. The quantitative estimate of drug-likeness (QED) is 0.0357. The summed E-state index contributed by atoms with van der Waals surface area (Å²) in [7, 11) is 0. The van der Waals surface area contributed by atoms with Crippen LogP contribution in [0.5, 0.6) is 11.5 Å². The highest BCUT2D eigenvalue weighted by Crippen LogP contribution is 2.41. The monoisotopic (exact) mass is 710 g/mol. The Kier molecular flexibility index (Phi) is 9.56. The van der Waals surface area contributed by atoms with Crippen molar-refractivity contribution in [3.63, 3.8) is 0 Å². The maximum atomic E-state index is 13.5. The Bertz CT molecular complexity index is 1940. The second-order valence-corrected chi connectivity index (χ2v) is 13.5. The SMILES string of the molecule is CC[n+]1ccc(SCC2=C(C(=O)O)N3C(=O)[C@@H](NC(=O)/C(=N\OCc4cc(-c5ccc(O)c(O)c5)no4)c4csc(N)n4)[C@H]3SC2)cc1. The molecule has 0 radical (unpaired) electrons. The molecule has 248 valence electrons. The molecule has 1 saturated heterocycles. The number of thiazole rings is 1. The van der Waals surface area contributed by atoms with Crippen LogP contribution in [0, 0.1) is 0 Å². The molecule has 0 spiro atoms. The number of nitrogens with one attached hydrogen (secondary N) is 1. The van der Waals surface area contributed by atoms with Crippen molar-refractivity contribution in [2.45, 2.75) is 36.4 Å². The van der Waals surface area contributed by atoms with Crippen molar-refractivity contribution in [1.29, 1.82) is 0 Å². The average Bonchev–Trinajstić information content (AvgIpc) is 3.74. The molecule has 2 atom stereocenters. The second kappa shape index (κ2) is 14.0. The fourth-order valence-electron chi connectivity index (χ4n) is 4.89. The predicted octanol–water partition coefficient (Wildman–Crippen LogP) is 2.55. The van der Waals surface area contributed by atoms with E-state index >= 15 is 0 Å². The van der Waals surface area contributed by atoms with Gasteiger partial charge in [-0.05, 0) is 30.7 Å². The van der Waals surface area contributed by atoms with Gasteiger partial charge < -0.3 is 35.7 Å². The van der Waals surface area contributed by atoms with Crippen LogP contribution in [0.1, 0.15) is 18.4 Å². The number of thioether (sulfide) groups is 2. The lowest BCUT2D eigenvalue weighted by Gasteiger charge is -2.49. The number of carbonyl (C=O) groups is 3. The number of phenolic OH excluding ortho intramolecular Hbond substituents is 2. The number of aryl methyl sites for hydroxylation is 1. The summed E-state index contributed by atoms with van der Waals surface area (Å²) in [6.45, 7) is 2.63. The molecule has 2 amide bonds. The van der Waals surface area contributed by atoms with Gasteiger partial charge in [-0.25, -0.2) is 14.3 Å².